The fourth-order valence-electron chi connectivity index (χ4n) is 1.16. The maximum Gasteiger partial charge on any atom is 0.255 e. The van der Waals surface area contributed by atoms with Crippen LogP contribution in [-0.2, 0) is 4.79 Å². The zero-order valence-corrected chi connectivity index (χ0v) is 7.33. The minimum Gasteiger partial charge on any atom is -0.409 e. The van der Waals surface area contributed by atoms with Gasteiger partial charge in [0.05, 0.1) is 6.54 Å². The molecule has 0 atom stereocenters. The Bertz CT molecular complexity index is 264. The van der Waals surface area contributed by atoms with E-state index >= 15 is 0 Å². The molecular weight excluding hydrogens is 196 g/mol. The zero-order valence-electron chi connectivity index (χ0n) is 7.33. The minimum absolute atomic E-state index is 0.218. The number of hydrogen-bond acceptors (Lipinski definition) is 3. The highest BCUT2D eigenvalue weighted by Crippen LogP contribution is 2.45. The highest BCUT2D eigenvalue weighted by atomic mass is 19.3. The predicted octanol–water partition coefficient (Wildman–Crippen LogP) is -0.106. The lowest BCUT2D eigenvalue weighted by atomic mass is 10.1. The number of rotatable bonds is 4. The summed E-state index contributed by atoms with van der Waals surface area (Å²) in [4.78, 5) is 11.3. The highest BCUT2D eigenvalue weighted by Gasteiger charge is 2.54. The van der Waals surface area contributed by atoms with E-state index in [1.54, 1.807) is 0 Å². The summed E-state index contributed by atoms with van der Waals surface area (Å²) in [5, 5.41) is 13.1. The highest BCUT2D eigenvalue weighted by molar-refractivity contribution is 6.09. The van der Waals surface area contributed by atoms with Crippen LogP contribution in [-0.4, -0.2) is 29.9 Å². The monoisotopic (exact) mass is 207 g/mol. The molecule has 0 aromatic carbocycles. The molecule has 0 bridgehead atoms. The van der Waals surface area contributed by atoms with E-state index in [-0.39, 0.29) is 5.84 Å². The van der Waals surface area contributed by atoms with Gasteiger partial charge in [-0.15, -0.1) is 0 Å². The van der Waals surface area contributed by atoms with Gasteiger partial charge < -0.3 is 16.3 Å². The number of nitrogens with two attached hydrogens (primary N) is 1. The van der Waals surface area contributed by atoms with Crippen LogP contribution >= 0.6 is 0 Å². The number of carbonyl (C=O) groups excluding carboxylic acids is 1. The Hall–Kier alpha value is -1.40. The zero-order chi connectivity index (χ0) is 10.8. The van der Waals surface area contributed by atoms with Gasteiger partial charge in [-0.1, -0.05) is 5.16 Å². The van der Waals surface area contributed by atoms with Crippen molar-refractivity contribution in [1.29, 1.82) is 0 Å². The van der Waals surface area contributed by atoms with E-state index in [4.69, 9.17) is 10.9 Å². The number of nitrogens with one attached hydrogen (secondary N) is 1. The van der Waals surface area contributed by atoms with Crippen LogP contribution in [0, 0.1) is 5.41 Å². The maximum atomic E-state index is 11.8. The smallest absolute Gasteiger partial charge is 0.255 e. The van der Waals surface area contributed by atoms with E-state index < -0.39 is 24.3 Å². The first-order valence-electron chi connectivity index (χ1n) is 4.07. The summed E-state index contributed by atoms with van der Waals surface area (Å²) in [6.07, 6.45) is -1.74. The Morgan fingerprint density at radius 1 is 1.64 bits per heavy atom. The summed E-state index contributed by atoms with van der Waals surface area (Å²) < 4.78 is 23.5. The molecular formula is C7H11F2N3O2. The number of hydrogen-bond donors (Lipinski definition) is 3. The summed E-state index contributed by atoms with van der Waals surface area (Å²) >= 11 is 0. The van der Waals surface area contributed by atoms with Crippen LogP contribution in [0.1, 0.15) is 12.8 Å². The van der Waals surface area contributed by atoms with Crippen LogP contribution in [0.4, 0.5) is 8.78 Å². The fourth-order valence-corrected chi connectivity index (χ4v) is 1.16. The predicted molar refractivity (Wildman–Crippen MR) is 44.1 cm³/mol. The second-order valence-electron chi connectivity index (χ2n) is 3.17. The standard InChI is InChI=1S/C7H11F2N3O2/c8-4(9)3-11-6(13)7(1-2-7)5(10)12-14/h4,14H,1-3H2,(H2,10,12)(H,11,13). The van der Waals surface area contributed by atoms with Crippen molar-refractivity contribution in [3.8, 4) is 0 Å². The van der Waals surface area contributed by atoms with Crippen LogP contribution in [0.2, 0.25) is 0 Å². The van der Waals surface area contributed by atoms with Crippen molar-refractivity contribution in [2.24, 2.45) is 16.3 Å². The van der Waals surface area contributed by atoms with E-state index in [9.17, 15) is 13.6 Å². The molecule has 14 heavy (non-hydrogen) atoms. The van der Waals surface area contributed by atoms with Crippen LogP contribution in [0.5, 0.6) is 0 Å². The SMILES string of the molecule is NC(=NO)C1(C(=O)NCC(F)F)CC1. The molecule has 1 fully saturated rings. The second-order valence-corrected chi connectivity index (χ2v) is 3.17. The Kier molecular flexibility index (Phi) is 2.87. The van der Waals surface area contributed by atoms with Crippen molar-refractivity contribution < 1.29 is 18.8 Å². The molecule has 5 nitrogen and oxygen atoms in total. The van der Waals surface area contributed by atoms with E-state index in [1.807, 2.05) is 5.32 Å². The van der Waals surface area contributed by atoms with E-state index in [0.29, 0.717) is 12.8 Å². The van der Waals surface area contributed by atoms with E-state index in [0.717, 1.165) is 0 Å². The number of alkyl halides is 2. The lowest BCUT2D eigenvalue weighted by molar-refractivity contribution is -0.124. The molecule has 80 valence electrons. The number of halogens is 2. The quantitative estimate of drug-likeness (QED) is 0.260. The summed E-state index contributed by atoms with van der Waals surface area (Å²) in [5.74, 6) is -0.822. The first kappa shape index (κ1) is 10.7. The molecule has 0 unspecified atom stereocenters. The molecule has 1 aliphatic rings. The molecule has 0 aromatic rings. The molecule has 0 saturated heterocycles. The van der Waals surface area contributed by atoms with Gasteiger partial charge in [-0.05, 0) is 12.8 Å². The van der Waals surface area contributed by atoms with Crippen LogP contribution in [0.3, 0.4) is 0 Å². The lowest BCUT2D eigenvalue weighted by Crippen LogP contribution is -2.42. The lowest BCUT2D eigenvalue weighted by Gasteiger charge is -2.12. The van der Waals surface area contributed by atoms with Gasteiger partial charge in [0.2, 0.25) is 5.91 Å². The molecule has 1 rings (SSSR count). The normalized spacial score (nSPS) is 19.5. The first-order chi connectivity index (χ1) is 6.53. The number of amides is 1. The number of nitrogens with zero attached hydrogens (tertiary/aromatic N) is 1. The van der Waals surface area contributed by atoms with Gasteiger partial charge in [0.15, 0.2) is 5.84 Å². The molecule has 1 amide bonds. The fraction of sp³-hybridized carbons (Fsp3) is 0.714. The second kappa shape index (κ2) is 3.77. The van der Waals surface area contributed by atoms with Crippen molar-refractivity contribution in [2.45, 2.75) is 19.3 Å². The number of carbonyl (C=O) groups is 1. The topological polar surface area (TPSA) is 87.7 Å². The largest absolute Gasteiger partial charge is 0.409 e. The molecule has 1 saturated carbocycles. The Morgan fingerprint density at radius 2 is 2.21 bits per heavy atom. The molecule has 0 spiro atoms. The molecule has 0 radical (unpaired) electrons. The van der Waals surface area contributed by atoms with Gasteiger partial charge in [-0.2, -0.15) is 0 Å². The molecule has 0 aromatic heterocycles. The molecule has 0 heterocycles. The van der Waals surface area contributed by atoms with Gasteiger partial charge in [-0.25, -0.2) is 8.78 Å². The third kappa shape index (κ3) is 1.91. The average molecular weight is 207 g/mol. The van der Waals surface area contributed by atoms with Crippen molar-refractivity contribution >= 4 is 11.7 Å². The minimum atomic E-state index is -2.60. The van der Waals surface area contributed by atoms with Crippen molar-refractivity contribution in [3.63, 3.8) is 0 Å². The summed E-state index contributed by atoms with van der Waals surface area (Å²) in [7, 11) is 0. The van der Waals surface area contributed by atoms with Crippen molar-refractivity contribution in [3.05, 3.63) is 0 Å². The van der Waals surface area contributed by atoms with Crippen LogP contribution < -0.4 is 11.1 Å². The Balaban J connectivity index is 2.53. The van der Waals surface area contributed by atoms with Gasteiger partial charge >= 0.3 is 0 Å². The van der Waals surface area contributed by atoms with Gasteiger partial charge in [0.1, 0.15) is 5.41 Å². The average Bonchev–Trinajstić information content (AvgIpc) is 2.93. The van der Waals surface area contributed by atoms with E-state index in [1.165, 1.54) is 0 Å². The summed E-state index contributed by atoms with van der Waals surface area (Å²) in [5.41, 5.74) is 4.22. The Morgan fingerprint density at radius 3 is 2.57 bits per heavy atom. The summed E-state index contributed by atoms with van der Waals surface area (Å²) in [6, 6.07) is 0. The molecule has 7 heteroatoms. The maximum absolute atomic E-state index is 11.8. The molecule has 1 aliphatic carbocycles. The van der Waals surface area contributed by atoms with Gasteiger partial charge in [0.25, 0.3) is 6.43 Å². The number of oxime groups is 1. The molecule has 0 aliphatic heterocycles. The third-order valence-electron chi connectivity index (χ3n) is 2.20. The van der Waals surface area contributed by atoms with E-state index in [2.05, 4.69) is 5.16 Å². The van der Waals surface area contributed by atoms with Crippen LogP contribution in [0.25, 0.3) is 0 Å². The van der Waals surface area contributed by atoms with Crippen molar-refractivity contribution in [1.82, 2.24) is 5.32 Å². The first-order valence-corrected chi connectivity index (χ1v) is 4.07. The molecule has 4 N–H and O–H groups in total. The van der Waals surface area contributed by atoms with Crippen LogP contribution in [0.15, 0.2) is 5.16 Å². The number of amidine groups is 1. The van der Waals surface area contributed by atoms with Crippen molar-refractivity contribution in [2.75, 3.05) is 6.54 Å². The van der Waals surface area contributed by atoms with Gasteiger partial charge in [-0.3, -0.25) is 4.79 Å². The third-order valence-corrected chi connectivity index (χ3v) is 2.20. The van der Waals surface area contributed by atoms with Gasteiger partial charge in [0, 0.05) is 0 Å². The summed E-state index contributed by atoms with van der Waals surface area (Å²) in [6.45, 7) is -0.709. The Labute approximate surface area is 78.9 Å².